The molecule has 0 saturated carbocycles. The Morgan fingerprint density at radius 2 is 1.80 bits per heavy atom. The van der Waals surface area contributed by atoms with Gasteiger partial charge in [-0.3, -0.25) is 0 Å². The molecule has 1 aromatic carbocycles. The van der Waals surface area contributed by atoms with E-state index in [1.807, 2.05) is 13.8 Å². The van der Waals surface area contributed by atoms with Crippen molar-refractivity contribution in [2.75, 3.05) is 6.54 Å². The van der Waals surface area contributed by atoms with E-state index >= 15 is 0 Å². The molecule has 0 aliphatic rings. The Morgan fingerprint density at radius 1 is 1.25 bits per heavy atom. The Morgan fingerprint density at radius 3 is 2.20 bits per heavy atom. The number of sulfonamides is 1. The summed E-state index contributed by atoms with van der Waals surface area (Å²) in [5.74, 6) is 0. The Hall–Kier alpha value is -0.0400. The summed E-state index contributed by atoms with van der Waals surface area (Å²) >= 11 is 11.7. The average Bonchev–Trinajstić information content (AvgIpc) is 2.35. The van der Waals surface area contributed by atoms with Gasteiger partial charge in [0.25, 0.3) is 0 Å². The molecule has 4 nitrogen and oxygen atoms in total. The van der Waals surface area contributed by atoms with Gasteiger partial charge in [0.2, 0.25) is 10.0 Å². The molecular formula is C12H19Cl3N2O2S. The summed E-state index contributed by atoms with van der Waals surface area (Å²) < 4.78 is 27.4. The van der Waals surface area contributed by atoms with Crippen molar-refractivity contribution in [2.45, 2.75) is 37.1 Å². The highest BCUT2D eigenvalue weighted by Crippen LogP contribution is 2.27. The van der Waals surface area contributed by atoms with E-state index in [1.54, 1.807) is 0 Å². The first kappa shape index (κ1) is 20.0. The second-order valence-electron chi connectivity index (χ2n) is 4.37. The van der Waals surface area contributed by atoms with Crippen molar-refractivity contribution in [1.82, 2.24) is 4.72 Å². The third-order valence-corrected chi connectivity index (χ3v) is 5.58. The van der Waals surface area contributed by atoms with Gasteiger partial charge in [-0.2, -0.15) is 0 Å². The standard InChI is InChI=1S/C12H18Cl2N2O2S.ClH/c1-3-12(4-2,8-15)16-19(17,18)11-6-5-9(13)7-10(11)14;/h5-7,16H,3-4,8,15H2,1-2H3;1H. The molecule has 1 rings (SSSR count). The fourth-order valence-electron chi connectivity index (χ4n) is 1.76. The SMILES string of the molecule is CCC(CC)(CN)NS(=O)(=O)c1ccc(Cl)cc1Cl.Cl. The topological polar surface area (TPSA) is 72.2 Å². The molecule has 0 spiro atoms. The number of benzene rings is 1. The summed E-state index contributed by atoms with van der Waals surface area (Å²) in [5, 5.41) is 0.484. The quantitative estimate of drug-likeness (QED) is 0.817. The van der Waals surface area contributed by atoms with Gasteiger partial charge in [0.05, 0.1) is 5.02 Å². The van der Waals surface area contributed by atoms with Gasteiger partial charge in [0.15, 0.2) is 0 Å². The molecule has 0 bridgehead atoms. The number of halogens is 3. The van der Waals surface area contributed by atoms with Crippen molar-refractivity contribution in [2.24, 2.45) is 5.73 Å². The van der Waals surface area contributed by atoms with E-state index in [1.165, 1.54) is 18.2 Å². The summed E-state index contributed by atoms with van der Waals surface area (Å²) in [7, 11) is -3.72. The minimum absolute atomic E-state index is 0. The van der Waals surface area contributed by atoms with Gasteiger partial charge in [-0.1, -0.05) is 37.0 Å². The maximum atomic E-state index is 12.4. The predicted molar refractivity (Wildman–Crippen MR) is 86.4 cm³/mol. The molecule has 1 aromatic rings. The fourth-order valence-corrected chi connectivity index (χ4v) is 4.09. The molecule has 0 amide bonds. The second-order valence-corrected chi connectivity index (χ2v) is 6.87. The lowest BCUT2D eigenvalue weighted by Gasteiger charge is -2.31. The Balaban J connectivity index is 0.00000361. The number of nitrogens with two attached hydrogens (primary N) is 1. The van der Waals surface area contributed by atoms with E-state index in [-0.39, 0.29) is 28.9 Å². The van der Waals surface area contributed by atoms with Crippen LogP contribution in [0.25, 0.3) is 0 Å². The van der Waals surface area contributed by atoms with E-state index in [9.17, 15) is 8.42 Å². The third-order valence-electron chi connectivity index (χ3n) is 3.28. The van der Waals surface area contributed by atoms with Crippen LogP contribution < -0.4 is 10.5 Å². The molecule has 0 saturated heterocycles. The van der Waals surface area contributed by atoms with Gasteiger partial charge in [-0.15, -0.1) is 12.4 Å². The first-order valence-corrected chi connectivity index (χ1v) is 8.23. The summed E-state index contributed by atoms with van der Waals surface area (Å²) in [5.41, 5.74) is 5.04. The minimum atomic E-state index is -3.72. The molecule has 0 radical (unpaired) electrons. The summed E-state index contributed by atoms with van der Waals surface area (Å²) in [4.78, 5) is 0.0123. The minimum Gasteiger partial charge on any atom is -0.329 e. The highest BCUT2D eigenvalue weighted by molar-refractivity contribution is 7.89. The van der Waals surface area contributed by atoms with Crippen LogP contribution in [0.15, 0.2) is 23.1 Å². The molecule has 0 atom stereocenters. The first-order chi connectivity index (χ1) is 8.80. The lowest BCUT2D eigenvalue weighted by molar-refractivity contribution is 0.363. The van der Waals surface area contributed by atoms with Gasteiger partial charge in [0.1, 0.15) is 4.90 Å². The van der Waals surface area contributed by atoms with E-state index in [0.29, 0.717) is 17.9 Å². The molecule has 0 aliphatic heterocycles. The molecule has 116 valence electrons. The number of nitrogens with one attached hydrogen (secondary N) is 1. The van der Waals surface area contributed by atoms with Gasteiger partial charge in [-0.05, 0) is 31.0 Å². The van der Waals surface area contributed by atoms with E-state index in [0.717, 1.165) is 0 Å². The summed E-state index contributed by atoms with van der Waals surface area (Å²) in [6.07, 6.45) is 1.20. The first-order valence-electron chi connectivity index (χ1n) is 5.99. The molecule has 20 heavy (non-hydrogen) atoms. The maximum absolute atomic E-state index is 12.4. The average molecular weight is 362 g/mol. The second kappa shape index (κ2) is 7.82. The molecule has 0 heterocycles. The van der Waals surface area contributed by atoms with Gasteiger partial charge < -0.3 is 5.73 Å². The predicted octanol–water partition coefficient (Wildman–Crippen LogP) is 3.21. The van der Waals surface area contributed by atoms with Gasteiger partial charge in [-0.25, -0.2) is 13.1 Å². The molecule has 3 N–H and O–H groups in total. The summed E-state index contributed by atoms with van der Waals surface area (Å²) in [6.45, 7) is 4.01. The maximum Gasteiger partial charge on any atom is 0.242 e. The molecular weight excluding hydrogens is 343 g/mol. The number of hydrogen-bond donors (Lipinski definition) is 2. The van der Waals surface area contributed by atoms with Crippen molar-refractivity contribution < 1.29 is 8.42 Å². The lowest BCUT2D eigenvalue weighted by atomic mass is 9.95. The van der Waals surface area contributed by atoms with Crippen molar-refractivity contribution >= 4 is 45.6 Å². The zero-order chi connectivity index (χ0) is 14.7. The Kier molecular flexibility index (Phi) is 7.81. The lowest BCUT2D eigenvalue weighted by Crippen LogP contribution is -2.52. The van der Waals surface area contributed by atoms with Gasteiger partial charge in [0, 0.05) is 17.1 Å². The number of rotatable bonds is 6. The molecule has 0 fully saturated rings. The Labute approximate surface area is 136 Å². The van der Waals surface area contributed by atoms with Crippen LogP contribution in [0.5, 0.6) is 0 Å². The molecule has 0 aliphatic carbocycles. The zero-order valence-corrected chi connectivity index (χ0v) is 14.5. The van der Waals surface area contributed by atoms with Crippen LogP contribution in [0.2, 0.25) is 10.0 Å². The molecule has 0 unspecified atom stereocenters. The van der Waals surface area contributed by atoms with Crippen molar-refractivity contribution in [3.05, 3.63) is 28.2 Å². The fraction of sp³-hybridized carbons (Fsp3) is 0.500. The largest absolute Gasteiger partial charge is 0.329 e. The highest BCUT2D eigenvalue weighted by atomic mass is 35.5. The van der Waals surface area contributed by atoms with E-state index in [2.05, 4.69) is 4.72 Å². The Bertz CT molecular complexity index is 537. The normalized spacial score (nSPS) is 12.1. The van der Waals surface area contributed by atoms with Crippen LogP contribution in [0, 0.1) is 0 Å². The molecule has 0 aromatic heterocycles. The van der Waals surface area contributed by atoms with Crippen molar-refractivity contribution in [3.8, 4) is 0 Å². The van der Waals surface area contributed by atoms with Crippen LogP contribution in [0.3, 0.4) is 0 Å². The summed E-state index contributed by atoms with van der Waals surface area (Å²) in [6, 6.07) is 4.28. The van der Waals surface area contributed by atoms with Crippen LogP contribution in [0.1, 0.15) is 26.7 Å². The van der Waals surface area contributed by atoms with Crippen molar-refractivity contribution in [1.29, 1.82) is 0 Å². The van der Waals surface area contributed by atoms with Crippen LogP contribution in [-0.2, 0) is 10.0 Å². The van der Waals surface area contributed by atoms with Crippen molar-refractivity contribution in [3.63, 3.8) is 0 Å². The van der Waals surface area contributed by atoms with Crippen LogP contribution in [0.4, 0.5) is 0 Å². The van der Waals surface area contributed by atoms with E-state index in [4.69, 9.17) is 28.9 Å². The molecule has 8 heteroatoms. The monoisotopic (exact) mass is 360 g/mol. The van der Waals surface area contributed by atoms with Gasteiger partial charge >= 0.3 is 0 Å². The smallest absolute Gasteiger partial charge is 0.242 e. The van der Waals surface area contributed by atoms with Crippen LogP contribution in [-0.4, -0.2) is 20.5 Å². The van der Waals surface area contributed by atoms with Crippen LogP contribution >= 0.6 is 35.6 Å². The highest BCUT2D eigenvalue weighted by Gasteiger charge is 2.31. The van der Waals surface area contributed by atoms with E-state index < -0.39 is 15.6 Å². The third kappa shape index (κ3) is 4.48. The zero-order valence-electron chi connectivity index (χ0n) is 11.3. The number of hydrogen-bond acceptors (Lipinski definition) is 3.